The molecule has 41 heavy (non-hydrogen) atoms. The molecule has 0 aliphatic carbocycles. The van der Waals surface area contributed by atoms with Crippen LogP contribution in [0.25, 0.3) is 0 Å². The second-order valence-electron chi connectivity index (χ2n) is 8.96. The molecule has 2 rings (SSSR count). The number of ether oxygens (including phenoxy) is 1. The number of nitrogens with zero attached hydrogens (tertiary/aromatic N) is 2. The first-order valence-electron chi connectivity index (χ1n) is 13.2. The maximum atomic E-state index is 13.0. The van der Waals surface area contributed by atoms with E-state index >= 15 is 0 Å². The number of nitrogens with one attached hydrogen (secondary N) is 1. The van der Waals surface area contributed by atoms with Crippen LogP contribution < -0.4 is 10.1 Å². The first-order valence-corrected chi connectivity index (χ1v) is 13.7. The molecule has 0 fully saturated rings. The fourth-order valence-electron chi connectivity index (χ4n) is 3.55. The van der Waals surface area contributed by atoms with E-state index in [0.29, 0.717) is 36.2 Å². The minimum Gasteiger partial charge on any atom is -0.508 e. The van der Waals surface area contributed by atoms with Gasteiger partial charge in [0.15, 0.2) is 0 Å². The van der Waals surface area contributed by atoms with E-state index < -0.39 is 11.7 Å². The summed E-state index contributed by atoms with van der Waals surface area (Å²) in [4.78, 5) is 15.6. The third kappa shape index (κ3) is 14.1. The molecule has 0 saturated heterocycles. The van der Waals surface area contributed by atoms with E-state index in [-0.39, 0.29) is 24.2 Å². The van der Waals surface area contributed by atoms with Gasteiger partial charge in [-0.2, -0.15) is 13.2 Å². The topological polar surface area (TPSA) is 74.2 Å². The number of rotatable bonds is 11. The summed E-state index contributed by atoms with van der Waals surface area (Å²) in [7, 11) is 3.46. The Morgan fingerprint density at radius 1 is 1.34 bits per heavy atom. The highest BCUT2D eigenvalue weighted by atomic mass is 35.5. The van der Waals surface area contributed by atoms with Crippen molar-refractivity contribution in [2.24, 2.45) is 10.9 Å². The fraction of sp³-hybridized carbons (Fsp3) is 0.419. The molecule has 0 aromatic heterocycles. The molecule has 1 aromatic carbocycles. The van der Waals surface area contributed by atoms with Crippen LogP contribution in [0.1, 0.15) is 45.2 Å². The molecule has 2 N–H and O–H groups in total. The van der Waals surface area contributed by atoms with Crippen LogP contribution in [0.15, 0.2) is 83.6 Å². The number of hydrogen-bond donors (Lipinski definition) is 2. The van der Waals surface area contributed by atoms with E-state index in [0.717, 1.165) is 18.6 Å². The summed E-state index contributed by atoms with van der Waals surface area (Å²) in [6, 6.07) is 3.61. The number of carbonyl (C=O) groups is 1. The van der Waals surface area contributed by atoms with E-state index in [1.54, 1.807) is 32.2 Å². The summed E-state index contributed by atoms with van der Waals surface area (Å²) in [5.41, 5.74) is 1.02. The molecule has 1 aromatic rings. The molecule has 0 saturated carbocycles. The van der Waals surface area contributed by atoms with Crippen molar-refractivity contribution < 1.29 is 27.8 Å². The summed E-state index contributed by atoms with van der Waals surface area (Å²) >= 11 is 5.68. The fourth-order valence-corrected chi connectivity index (χ4v) is 3.68. The van der Waals surface area contributed by atoms with Crippen molar-refractivity contribution in [2.45, 2.75) is 46.3 Å². The molecule has 0 spiro atoms. The maximum absolute atomic E-state index is 13.0. The van der Waals surface area contributed by atoms with Gasteiger partial charge in [-0.1, -0.05) is 50.8 Å². The first-order chi connectivity index (χ1) is 19.4. The van der Waals surface area contributed by atoms with Gasteiger partial charge in [-0.25, -0.2) is 0 Å². The Morgan fingerprint density at radius 2 is 2.00 bits per heavy atom. The number of hydrogen-bond acceptors (Lipinski definition) is 5. The van der Waals surface area contributed by atoms with Crippen LogP contribution in [0.3, 0.4) is 0 Å². The number of amidine groups is 1. The maximum Gasteiger partial charge on any atom is 0.416 e. The summed E-state index contributed by atoms with van der Waals surface area (Å²) in [5.74, 6) is 2.02. The molecular formula is C31H43ClF3N3O3. The zero-order valence-electron chi connectivity index (χ0n) is 24.7. The zero-order chi connectivity index (χ0) is 31.4. The van der Waals surface area contributed by atoms with Crippen LogP contribution in [-0.2, 0) is 11.0 Å². The van der Waals surface area contributed by atoms with Crippen molar-refractivity contribution in [1.82, 2.24) is 10.2 Å². The highest BCUT2D eigenvalue weighted by Crippen LogP contribution is 2.35. The smallest absolute Gasteiger partial charge is 0.416 e. The SMILES string of the molecule is C/C=C(\C/C=C\CCl)C1CN=C(c2ccc(C(F)(F)F)cc2OCC)N1C.C=C/C=C(O)\C=C/C(C)C.CNC=O. The van der Waals surface area contributed by atoms with Gasteiger partial charge in [0.05, 0.1) is 30.3 Å². The normalized spacial score (nSPS) is 15.7. The molecule has 1 amide bonds. The monoisotopic (exact) mass is 597 g/mol. The Bertz CT molecular complexity index is 1090. The minimum absolute atomic E-state index is 0.0572. The van der Waals surface area contributed by atoms with Crippen LogP contribution in [0.2, 0.25) is 0 Å². The first kappa shape index (κ1) is 37.5. The van der Waals surface area contributed by atoms with E-state index in [2.05, 4.69) is 36.8 Å². The minimum atomic E-state index is -4.41. The van der Waals surface area contributed by atoms with Crippen molar-refractivity contribution in [2.75, 3.05) is 33.1 Å². The lowest BCUT2D eigenvalue weighted by molar-refractivity contribution is -0.137. The third-order valence-corrected chi connectivity index (χ3v) is 5.71. The van der Waals surface area contributed by atoms with Crippen LogP contribution in [-0.4, -0.2) is 61.4 Å². The average Bonchev–Trinajstić information content (AvgIpc) is 3.31. The molecule has 1 unspecified atom stereocenters. The Hall–Kier alpha value is -3.46. The number of aliphatic hydroxyl groups excluding tert-OH is 1. The van der Waals surface area contributed by atoms with Crippen LogP contribution >= 0.6 is 11.6 Å². The van der Waals surface area contributed by atoms with E-state index in [4.69, 9.17) is 26.2 Å². The van der Waals surface area contributed by atoms with Crippen molar-refractivity contribution in [1.29, 1.82) is 0 Å². The van der Waals surface area contributed by atoms with Gasteiger partial charge in [0.2, 0.25) is 6.41 Å². The standard InChI is InChI=1S/C20H24ClF3N2O.C9H14O.C2H5NO/c1-4-14(8-6-7-11-21)17-13-25-19(26(17)3)16-10-9-15(20(22,23)24)12-18(16)27-5-2;1-4-5-9(10)7-6-8(2)3;1-3-2-4/h4,6-7,9-10,12,17H,5,8,11,13H2,1-3H3;4-8,10H,1H2,2-3H3;2H,1H3,(H,3,4)/b7-6-,14-4+;7-6-,9-5+;. The molecule has 0 bridgehead atoms. The van der Waals surface area contributed by atoms with Gasteiger partial charge >= 0.3 is 6.18 Å². The summed E-state index contributed by atoms with van der Waals surface area (Å²) in [5, 5.41) is 11.3. The zero-order valence-corrected chi connectivity index (χ0v) is 25.5. The molecule has 1 atom stereocenters. The predicted octanol–water partition coefficient (Wildman–Crippen LogP) is 7.48. The van der Waals surface area contributed by atoms with Gasteiger partial charge in [0.25, 0.3) is 0 Å². The predicted molar refractivity (Wildman–Crippen MR) is 164 cm³/mol. The van der Waals surface area contributed by atoms with E-state index in [1.807, 2.05) is 37.1 Å². The van der Waals surface area contributed by atoms with Crippen LogP contribution in [0.5, 0.6) is 5.75 Å². The lowest BCUT2D eigenvalue weighted by atomic mass is 10.0. The lowest BCUT2D eigenvalue weighted by Gasteiger charge is -2.26. The number of alkyl halides is 4. The number of amides is 1. The van der Waals surface area contributed by atoms with Gasteiger partial charge < -0.3 is 20.1 Å². The molecule has 6 nitrogen and oxygen atoms in total. The van der Waals surface area contributed by atoms with Crippen LogP contribution in [0, 0.1) is 5.92 Å². The number of carbonyl (C=O) groups excluding carboxylic acids is 1. The van der Waals surface area contributed by atoms with E-state index in [1.165, 1.54) is 11.6 Å². The van der Waals surface area contributed by atoms with Gasteiger partial charge in [-0.05, 0) is 62.1 Å². The number of benzene rings is 1. The number of aliphatic hydroxyl groups is 1. The molecule has 228 valence electrons. The highest BCUT2D eigenvalue weighted by molar-refractivity contribution is 6.18. The third-order valence-electron chi connectivity index (χ3n) is 5.53. The number of allylic oxidation sites excluding steroid dienone is 7. The quantitative estimate of drug-likeness (QED) is 0.0911. The molecule has 1 aliphatic heterocycles. The lowest BCUT2D eigenvalue weighted by Crippen LogP contribution is -2.35. The van der Waals surface area contributed by atoms with Gasteiger partial charge in [-0.3, -0.25) is 9.79 Å². The number of likely N-dealkylation sites (N-methyl/N-ethyl adjacent to an activating group) is 1. The van der Waals surface area contributed by atoms with Crippen molar-refractivity contribution in [3.8, 4) is 5.75 Å². The van der Waals surface area contributed by atoms with Crippen molar-refractivity contribution in [3.63, 3.8) is 0 Å². The highest BCUT2D eigenvalue weighted by Gasteiger charge is 2.33. The Labute approximate surface area is 247 Å². The van der Waals surface area contributed by atoms with Crippen LogP contribution in [0.4, 0.5) is 13.2 Å². The van der Waals surface area contributed by atoms with Gasteiger partial charge in [0.1, 0.15) is 17.3 Å². The molecule has 1 heterocycles. The Balaban J connectivity index is 0.000000949. The average molecular weight is 598 g/mol. The van der Waals surface area contributed by atoms with Crippen molar-refractivity contribution in [3.05, 3.63) is 89.8 Å². The van der Waals surface area contributed by atoms with Gasteiger partial charge in [0, 0.05) is 20.0 Å². The summed E-state index contributed by atoms with van der Waals surface area (Å²) in [6.45, 7) is 12.1. The molecular weight excluding hydrogens is 555 g/mol. The summed E-state index contributed by atoms with van der Waals surface area (Å²) in [6.07, 6.45) is 9.63. The second kappa shape index (κ2) is 20.4. The molecule has 1 aliphatic rings. The van der Waals surface area contributed by atoms with Gasteiger partial charge in [-0.15, -0.1) is 11.6 Å². The largest absolute Gasteiger partial charge is 0.508 e. The number of halogens is 4. The number of aliphatic imine (C=N–C) groups is 1. The molecule has 0 radical (unpaired) electrons. The van der Waals surface area contributed by atoms with E-state index in [9.17, 15) is 13.2 Å². The Morgan fingerprint density at radius 3 is 2.49 bits per heavy atom. The molecule has 10 heteroatoms. The Kier molecular flexibility index (Phi) is 18.7. The van der Waals surface area contributed by atoms with Crippen molar-refractivity contribution >= 4 is 23.8 Å². The second-order valence-corrected chi connectivity index (χ2v) is 9.27. The summed E-state index contributed by atoms with van der Waals surface area (Å²) < 4.78 is 44.6.